The topological polar surface area (TPSA) is 68.6 Å². The summed E-state index contributed by atoms with van der Waals surface area (Å²) in [4.78, 5) is 18.8. The lowest BCUT2D eigenvalue weighted by Crippen LogP contribution is -2.30. The standard InChI is InChI=1S/C33H28N4O3S/c1-22-8-16-26(17-9-22)40-27-18-14-25(15-19-27)37-31(30(35-33(37)41)28-6-3-4-20-34-28)29-7-5-21-36(29)24-12-10-23(11-13-24)32(38)39-2/h3-21,30-31H,1-2H3,(H,35,41)/t30-,31-/m1/s1. The van der Waals surface area contributed by atoms with Crippen molar-refractivity contribution in [2.75, 3.05) is 12.0 Å². The largest absolute Gasteiger partial charge is 0.465 e. The predicted molar refractivity (Wildman–Crippen MR) is 163 cm³/mol. The smallest absolute Gasteiger partial charge is 0.337 e. The molecular formula is C33H28N4O3S. The van der Waals surface area contributed by atoms with E-state index in [1.54, 1.807) is 18.3 Å². The zero-order valence-corrected chi connectivity index (χ0v) is 23.4. The molecule has 2 atom stereocenters. The number of carbonyl (C=O) groups excluding carboxylic acids is 1. The lowest BCUT2D eigenvalue weighted by molar-refractivity contribution is 0.0600. The van der Waals surface area contributed by atoms with Gasteiger partial charge in [-0.15, -0.1) is 0 Å². The number of pyridine rings is 1. The summed E-state index contributed by atoms with van der Waals surface area (Å²) in [7, 11) is 1.38. The van der Waals surface area contributed by atoms with Gasteiger partial charge < -0.3 is 24.3 Å². The van der Waals surface area contributed by atoms with E-state index in [2.05, 4.69) is 25.8 Å². The molecule has 1 saturated heterocycles. The van der Waals surface area contributed by atoms with Gasteiger partial charge in [0.25, 0.3) is 0 Å². The van der Waals surface area contributed by atoms with Crippen LogP contribution in [0, 0.1) is 6.92 Å². The number of esters is 1. The van der Waals surface area contributed by atoms with Gasteiger partial charge in [0.2, 0.25) is 0 Å². The highest BCUT2D eigenvalue weighted by atomic mass is 32.1. The van der Waals surface area contributed by atoms with Crippen molar-refractivity contribution in [2.45, 2.75) is 19.0 Å². The number of methoxy groups -OCH3 is 1. The quantitative estimate of drug-likeness (QED) is 0.171. The van der Waals surface area contributed by atoms with Crippen LogP contribution in [0.25, 0.3) is 5.69 Å². The van der Waals surface area contributed by atoms with Gasteiger partial charge in [-0.05, 0) is 104 Å². The normalized spacial score (nSPS) is 16.3. The Kier molecular flexibility index (Phi) is 7.22. The first-order chi connectivity index (χ1) is 20.0. The van der Waals surface area contributed by atoms with Gasteiger partial charge in [-0.2, -0.15) is 0 Å². The summed E-state index contributed by atoms with van der Waals surface area (Å²) in [5, 5.41) is 4.12. The highest BCUT2D eigenvalue weighted by molar-refractivity contribution is 7.80. The van der Waals surface area contributed by atoms with Crippen molar-refractivity contribution in [1.29, 1.82) is 0 Å². The van der Waals surface area contributed by atoms with Crippen LogP contribution >= 0.6 is 12.2 Å². The molecular weight excluding hydrogens is 532 g/mol. The number of hydrogen-bond acceptors (Lipinski definition) is 5. The van der Waals surface area contributed by atoms with Crippen molar-refractivity contribution in [3.8, 4) is 17.2 Å². The highest BCUT2D eigenvalue weighted by Crippen LogP contribution is 2.42. The summed E-state index contributed by atoms with van der Waals surface area (Å²) in [6, 6.07) is 32.9. The average Bonchev–Trinajstić information content (AvgIpc) is 3.63. The van der Waals surface area contributed by atoms with Gasteiger partial charge in [0.05, 0.1) is 24.4 Å². The van der Waals surface area contributed by atoms with Crippen molar-refractivity contribution in [3.63, 3.8) is 0 Å². The molecule has 7 nitrogen and oxygen atoms in total. The van der Waals surface area contributed by atoms with Crippen LogP contribution in [0.3, 0.4) is 0 Å². The van der Waals surface area contributed by atoms with E-state index in [-0.39, 0.29) is 18.1 Å². The number of aryl methyl sites for hydroxylation is 1. The molecule has 1 aliphatic rings. The number of rotatable bonds is 7. The number of anilines is 1. The van der Waals surface area contributed by atoms with E-state index in [1.807, 2.05) is 98.0 Å². The van der Waals surface area contributed by atoms with Gasteiger partial charge in [-0.3, -0.25) is 4.98 Å². The molecule has 0 spiro atoms. The average molecular weight is 561 g/mol. The fraction of sp³-hybridized carbons (Fsp3) is 0.121. The monoisotopic (exact) mass is 560 g/mol. The molecule has 0 unspecified atom stereocenters. The second kappa shape index (κ2) is 11.3. The molecule has 0 amide bonds. The van der Waals surface area contributed by atoms with Gasteiger partial charge >= 0.3 is 5.97 Å². The Labute approximate surface area is 244 Å². The molecule has 8 heteroatoms. The molecule has 2 aromatic heterocycles. The molecule has 6 rings (SSSR count). The number of ether oxygens (including phenoxy) is 2. The Morgan fingerprint density at radius 1 is 0.854 bits per heavy atom. The second-order valence-electron chi connectivity index (χ2n) is 9.75. The fourth-order valence-corrected chi connectivity index (χ4v) is 5.44. The van der Waals surface area contributed by atoms with Crippen LogP contribution in [-0.2, 0) is 4.74 Å². The molecule has 0 saturated carbocycles. The van der Waals surface area contributed by atoms with Crippen LogP contribution in [0.1, 0.15) is 39.4 Å². The molecule has 0 radical (unpaired) electrons. The number of benzene rings is 3. The van der Waals surface area contributed by atoms with Crippen LogP contribution in [-0.4, -0.2) is 27.7 Å². The minimum atomic E-state index is -0.370. The third kappa shape index (κ3) is 5.29. The maximum Gasteiger partial charge on any atom is 0.337 e. The predicted octanol–water partition coefficient (Wildman–Crippen LogP) is 6.94. The molecule has 3 heterocycles. The zero-order valence-electron chi connectivity index (χ0n) is 22.6. The van der Waals surface area contributed by atoms with Gasteiger partial charge in [-0.1, -0.05) is 23.8 Å². The number of hydrogen-bond donors (Lipinski definition) is 1. The van der Waals surface area contributed by atoms with Crippen LogP contribution in [0.4, 0.5) is 5.69 Å². The fourth-order valence-electron chi connectivity index (χ4n) is 5.10. The first-order valence-corrected chi connectivity index (χ1v) is 13.6. The summed E-state index contributed by atoms with van der Waals surface area (Å²) in [5.41, 5.74) is 5.41. The zero-order chi connectivity index (χ0) is 28.3. The Hall–Kier alpha value is -4.95. The van der Waals surface area contributed by atoms with Gasteiger partial charge in [0, 0.05) is 29.5 Å². The van der Waals surface area contributed by atoms with Gasteiger partial charge in [-0.25, -0.2) is 4.79 Å². The third-order valence-electron chi connectivity index (χ3n) is 7.12. The summed E-state index contributed by atoms with van der Waals surface area (Å²) in [6.07, 6.45) is 3.80. The van der Waals surface area contributed by atoms with Gasteiger partial charge in [0.1, 0.15) is 17.5 Å². The first kappa shape index (κ1) is 26.3. The summed E-state index contributed by atoms with van der Waals surface area (Å²) < 4.78 is 13.0. The van der Waals surface area contributed by atoms with E-state index >= 15 is 0 Å². The minimum Gasteiger partial charge on any atom is -0.465 e. The SMILES string of the molecule is COC(=O)c1ccc(-n2cccc2[C@@H]2[C@@H](c3ccccn3)NC(=S)N2c2ccc(Oc3ccc(C)cc3)cc2)cc1. The highest BCUT2D eigenvalue weighted by Gasteiger charge is 2.42. The Balaban J connectivity index is 1.37. The van der Waals surface area contributed by atoms with Crippen molar-refractivity contribution >= 4 is 29.0 Å². The number of carbonyl (C=O) groups is 1. The van der Waals surface area contributed by atoms with Crippen LogP contribution < -0.4 is 15.0 Å². The maximum absolute atomic E-state index is 12.0. The number of nitrogens with zero attached hydrogens (tertiary/aromatic N) is 3. The molecule has 3 aromatic carbocycles. The van der Waals surface area contributed by atoms with Crippen molar-refractivity contribution < 1.29 is 14.3 Å². The lowest BCUT2D eigenvalue weighted by atomic mass is 10.0. The van der Waals surface area contributed by atoms with E-state index in [0.717, 1.165) is 34.3 Å². The molecule has 41 heavy (non-hydrogen) atoms. The molecule has 204 valence electrons. The van der Waals surface area contributed by atoms with Crippen LogP contribution in [0.15, 0.2) is 116 Å². The van der Waals surface area contributed by atoms with E-state index in [1.165, 1.54) is 12.7 Å². The van der Waals surface area contributed by atoms with E-state index in [4.69, 9.17) is 21.7 Å². The number of nitrogens with one attached hydrogen (secondary N) is 1. The maximum atomic E-state index is 12.0. The minimum absolute atomic E-state index is 0.199. The van der Waals surface area contributed by atoms with E-state index < -0.39 is 0 Å². The molecule has 5 aromatic rings. The van der Waals surface area contributed by atoms with Crippen LogP contribution in [0.2, 0.25) is 0 Å². The molecule has 1 N–H and O–H groups in total. The Bertz CT molecular complexity index is 1670. The van der Waals surface area contributed by atoms with Crippen molar-refractivity contribution in [1.82, 2.24) is 14.9 Å². The Morgan fingerprint density at radius 2 is 1.54 bits per heavy atom. The molecule has 0 aliphatic carbocycles. The van der Waals surface area contributed by atoms with Gasteiger partial charge in [0.15, 0.2) is 5.11 Å². The lowest BCUT2D eigenvalue weighted by Gasteiger charge is -2.29. The van der Waals surface area contributed by atoms with E-state index in [0.29, 0.717) is 10.7 Å². The summed E-state index contributed by atoms with van der Waals surface area (Å²) in [5.74, 6) is 1.15. The summed E-state index contributed by atoms with van der Waals surface area (Å²) in [6.45, 7) is 2.05. The number of thiocarbonyl (C=S) groups is 1. The first-order valence-electron chi connectivity index (χ1n) is 13.2. The van der Waals surface area contributed by atoms with Crippen molar-refractivity contribution in [3.05, 3.63) is 138 Å². The second-order valence-corrected chi connectivity index (χ2v) is 10.1. The van der Waals surface area contributed by atoms with E-state index in [9.17, 15) is 4.79 Å². The van der Waals surface area contributed by atoms with Crippen molar-refractivity contribution in [2.24, 2.45) is 0 Å². The third-order valence-corrected chi connectivity index (χ3v) is 7.43. The Morgan fingerprint density at radius 3 is 2.20 bits per heavy atom. The number of aromatic nitrogens is 2. The molecule has 1 aliphatic heterocycles. The molecule has 0 bridgehead atoms. The summed E-state index contributed by atoms with van der Waals surface area (Å²) >= 11 is 5.91. The van der Waals surface area contributed by atoms with Crippen LogP contribution in [0.5, 0.6) is 11.5 Å². The molecule has 1 fully saturated rings.